The molecule has 0 aliphatic carbocycles. The minimum atomic E-state index is -0.142. The van der Waals surface area contributed by atoms with Crippen LogP contribution >= 0.6 is 35.8 Å². The van der Waals surface area contributed by atoms with Gasteiger partial charge in [-0.2, -0.15) is 0 Å². The van der Waals surface area contributed by atoms with E-state index < -0.39 is 0 Å². The van der Waals surface area contributed by atoms with Crippen LogP contribution in [-0.2, 0) is 4.79 Å². The Labute approximate surface area is 142 Å². The maximum Gasteiger partial charge on any atom is 0.233 e. The van der Waals surface area contributed by atoms with E-state index in [0.29, 0.717) is 10.9 Å². The summed E-state index contributed by atoms with van der Waals surface area (Å²) in [7, 11) is 0. The first-order valence-electron chi connectivity index (χ1n) is 7.00. The largest absolute Gasteiger partial charge is 0.352 e. The first kappa shape index (κ1) is 18.6. The first-order chi connectivity index (χ1) is 9.58. The Morgan fingerprint density at radius 3 is 2.86 bits per heavy atom. The second-order valence-electron chi connectivity index (χ2n) is 5.28. The fourth-order valence-electron chi connectivity index (χ4n) is 2.31. The fraction of sp³-hybridized carbons (Fsp3) is 0.533. The van der Waals surface area contributed by atoms with Crippen molar-refractivity contribution in [3.8, 4) is 0 Å². The van der Waals surface area contributed by atoms with Crippen LogP contribution in [0.25, 0.3) is 0 Å². The summed E-state index contributed by atoms with van der Waals surface area (Å²) in [6.07, 6.45) is 0.996. The number of nitrogens with one attached hydrogen (secondary N) is 2. The molecule has 1 saturated heterocycles. The van der Waals surface area contributed by atoms with Crippen LogP contribution in [0.5, 0.6) is 0 Å². The number of carbonyl (C=O) groups excluding carboxylic acids is 1. The highest BCUT2D eigenvalue weighted by atomic mass is 35.5. The smallest absolute Gasteiger partial charge is 0.233 e. The summed E-state index contributed by atoms with van der Waals surface area (Å²) in [4.78, 5) is 13.2. The molecule has 21 heavy (non-hydrogen) atoms. The van der Waals surface area contributed by atoms with Gasteiger partial charge in [0.05, 0.1) is 10.3 Å². The number of rotatable bonds is 4. The first-order valence-corrected chi connectivity index (χ1v) is 8.26. The van der Waals surface area contributed by atoms with Crippen molar-refractivity contribution in [3.63, 3.8) is 0 Å². The summed E-state index contributed by atoms with van der Waals surface area (Å²) < 4.78 is 0. The lowest BCUT2D eigenvalue weighted by atomic mass is 9.95. The molecule has 3 nitrogen and oxygen atoms in total. The summed E-state index contributed by atoms with van der Waals surface area (Å²) in [5.74, 6) is 0.568. The molecule has 1 heterocycles. The second-order valence-corrected chi connectivity index (χ2v) is 7.07. The Bertz CT molecular complexity index is 473. The van der Waals surface area contributed by atoms with Crippen LogP contribution in [-0.4, -0.2) is 30.3 Å². The highest BCUT2D eigenvalue weighted by Crippen LogP contribution is 2.30. The lowest BCUT2D eigenvalue weighted by molar-refractivity contribution is -0.121. The van der Waals surface area contributed by atoms with Gasteiger partial charge in [0.25, 0.3) is 0 Å². The molecule has 3 unspecified atom stereocenters. The molecule has 0 bridgehead atoms. The van der Waals surface area contributed by atoms with Gasteiger partial charge in [0.1, 0.15) is 0 Å². The Morgan fingerprint density at radius 2 is 2.19 bits per heavy atom. The van der Waals surface area contributed by atoms with Gasteiger partial charge in [-0.3, -0.25) is 4.79 Å². The Balaban J connectivity index is 0.00000220. The van der Waals surface area contributed by atoms with Gasteiger partial charge in [-0.25, -0.2) is 0 Å². The minimum absolute atomic E-state index is 0. The monoisotopic (exact) mass is 348 g/mol. The highest BCUT2D eigenvalue weighted by molar-refractivity contribution is 8.00. The number of carbonyl (C=O) groups is 1. The number of benzene rings is 1. The molecule has 2 N–H and O–H groups in total. The maximum absolute atomic E-state index is 12.3. The zero-order chi connectivity index (χ0) is 14.5. The van der Waals surface area contributed by atoms with Crippen molar-refractivity contribution in [2.75, 3.05) is 13.1 Å². The predicted molar refractivity (Wildman–Crippen MR) is 92.6 cm³/mol. The molecular weight excluding hydrogens is 327 g/mol. The molecule has 1 aliphatic rings. The van der Waals surface area contributed by atoms with Crippen molar-refractivity contribution in [2.24, 2.45) is 5.92 Å². The molecule has 1 aliphatic heterocycles. The second kappa shape index (κ2) is 8.89. The number of hydrogen-bond acceptors (Lipinski definition) is 3. The zero-order valence-electron chi connectivity index (χ0n) is 12.3. The number of halogens is 2. The van der Waals surface area contributed by atoms with Crippen LogP contribution in [0.15, 0.2) is 29.2 Å². The maximum atomic E-state index is 12.3. The molecule has 118 valence electrons. The Morgan fingerprint density at radius 1 is 1.48 bits per heavy atom. The van der Waals surface area contributed by atoms with Crippen LogP contribution in [0.1, 0.15) is 20.3 Å². The van der Waals surface area contributed by atoms with Gasteiger partial charge in [0.2, 0.25) is 5.91 Å². The number of piperidine rings is 1. The van der Waals surface area contributed by atoms with E-state index in [4.69, 9.17) is 11.6 Å². The van der Waals surface area contributed by atoms with Gasteiger partial charge in [-0.1, -0.05) is 30.7 Å². The summed E-state index contributed by atoms with van der Waals surface area (Å²) in [6.45, 7) is 6.04. The van der Waals surface area contributed by atoms with Gasteiger partial charge < -0.3 is 10.6 Å². The average molecular weight is 349 g/mol. The molecule has 1 aromatic rings. The fourth-order valence-corrected chi connectivity index (χ4v) is 3.48. The summed E-state index contributed by atoms with van der Waals surface area (Å²) >= 11 is 7.64. The number of thioether (sulfide) groups is 1. The lowest BCUT2D eigenvalue weighted by Crippen LogP contribution is -2.50. The van der Waals surface area contributed by atoms with Crippen LogP contribution < -0.4 is 10.6 Å². The van der Waals surface area contributed by atoms with Crippen molar-refractivity contribution >= 4 is 41.7 Å². The molecule has 0 radical (unpaired) electrons. The predicted octanol–water partition coefficient (Wildman–Crippen LogP) is 3.36. The van der Waals surface area contributed by atoms with Crippen molar-refractivity contribution in [1.82, 2.24) is 10.6 Å². The van der Waals surface area contributed by atoms with Crippen LogP contribution in [0.3, 0.4) is 0 Å². The van der Waals surface area contributed by atoms with Crippen LogP contribution in [0.4, 0.5) is 0 Å². The Hall–Kier alpha value is -0.420. The van der Waals surface area contributed by atoms with E-state index >= 15 is 0 Å². The number of amides is 1. The summed E-state index contributed by atoms with van der Waals surface area (Å²) in [5.41, 5.74) is 0. The van der Waals surface area contributed by atoms with E-state index in [0.717, 1.165) is 24.4 Å². The quantitative estimate of drug-likeness (QED) is 0.819. The summed E-state index contributed by atoms with van der Waals surface area (Å²) in [6, 6.07) is 7.91. The van der Waals surface area contributed by atoms with Crippen molar-refractivity contribution < 1.29 is 4.79 Å². The highest BCUT2D eigenvalue weighted by Gasteiger charge is 2.25. The van der Waals surface area contributed by atoms with E-state index in [2.05, 4.69) is 17.6 Å². The van der Waals surface area contributed by atoms with E-state index in [1.807, 2.05) is 31.2 Å². The van der Waals surface area contributed by atoms with Gasteiger partial charge in [0, 0.05) is 10.9 Å². The van der Waals surface area contributed by atoms with Gasteiger partial charge >= 0.3 is 0 Å². The van der Waals surface area contributed by atoms with Crippen molar-refractivity contribution in [2.45, 2.75) is 36.5 Å². The van der Waals surface area contributed by atoms with Gasteiger partial charge in [-0.15, -0.1) is 24.2 Å². The Kier molecular flexibility index (Phi) is 7.88. The molecule has 0 spiro atoms. The van der Waals surface area contributed by atoms with Crippen LogP contribution in [0, 0.1) is 5.92 Å². The molecule has 0 saturated carbocycles. The topological polar surface area (TPSA) is 41.1 Å². The molecule has 2 rings (SSSR count). The summed E-state index contributed by atoms with van der Waals surface area (Å²) in [5, 5.41) is 7.07. The van der Waals surface area contributed by atoms with Gasteiger partial charge in [-0.05, 0) is 44.5 Å². The van der Waals surface area contributed by atoms with E-state index in [1.165, 1.54) is 11.8 Å². The standard InChI is InChI=1S/C15H21ClN2OS.ClH/c1-10-9-17-8-7-13(10)18-15(19)11(2)20-14-6-4-3-5-12(14)16;/h3-6,10-11,13,17H,7-9H2,1-2H3,(H,18,19);1H. The molecule has 1 aromatic carbocycles. The molecule has 1 fully saturated rings. The third-order valence-corrected chi connectivity index (χ3v) is 5.24. The van der Waals surface area contributed by atoms with E-state index in [9.17, 15) is 4.79 Å². The average Bonchev–Trinajstić information content (AvgIpc) is 2.43. The van der Waals surface area contributed by atoms with Gasteiger partial charge in [0.15, 0.2) is 0 Å². The third kappa shape index (κ3) is 5.37. The van der Waals surface area contributed by atoms with Crippen LogP contribution in [0.2, 0.25) is 5.02 Å². The lowest BCUT2D eigenvalue weighted by Gasteiger charge is -2.31. The molecule has 1 amide bonds. The molecule has 6 heteroatoms. The van der Waals surface area contributed by atoms with E-state index in [-0.39, 0.29) is 29.6 Å². The van der Waals surface area contributed by atoms with E-state index in [1.54, 1.807) is 0 Å². The van der Waals surface area contributed by atoms with Crippen molar-refractivity contribution in [1.29, 1.82) is 0 Å². The van der Waals surface area contributed by atoms with Crippen molar-refractivity contribution in [3.05, 3.63) is 29.3 Å². The molecule has 3 atom stereocenters. The number of hydrogen-bond donors (Lipinski definition) is 2. The normalized spacial score (nSPS) is 23.0. The zero-order valence-corrected chi connectivity index (χ0v) is 14.7. The molecule has 0 aromatic heterocycles. The molecular formula is C15H22Cl2N2OS. The third-order valence-electron chi connectivity index (χ3n) is 3.62. The minimum Gasteiger partial charge on any atom is -0.352 e. The SMILES string of the molecule is CC(Sc1ccccc1Cl)C(=O)NC1CCNCC1C.Cl.